The number of sulfone groups is 1. The van der Waals surface area contributed by atoms with Crippen LogP contribution in [0.5, 0.6) is 5.75 Å². The summed E-state index contributed by atoms with van der Waals surface area (Å²) in [5, 5.41) is -0.868. The smallest absolute Gasteiger partial charge is 0.416 e. The van der Waals surface area contributed by atoms with E-state index in [-0.39, 0.29) is 38.8 Å². The van der Waals surface area contributed by atoms with E-state index in [2.05, 4.69) is 0 Å². The lowest BCUT2D eigenvalue weighted by Gasteiger charge is -2.57. The number of nitrogens with zero attached hydrogens (tertiary/aromatic N) is 1. The van der Waals surface area contributed by atoms with Crippen LogP contribution in [0.3, 0.4) is 0 Å². The van der Waals surface area contributed by atoms with E-state index in [0.29, 0.717) is 12.1 Å². The number of benzene rings is 3. The molecular weight excluding hydrogens is 637 g/mol. The van der Waals surface area contributed by atoms with Crippen molar-refractivity contribution in [3.63, 3.8) is 0 Å². The summed E-state index contributed by atoms with van der Waals surface area (Å²) >= 11 is 0. The van der Waals surface area contributed by atoms with Gasteiger partial charge in [-0.05, 0) is 80.5 Å². The van der Waals surface area contributed by atoms with Crippen molar-refractivity contribution in [2.24, 2.45) is 11.8 Å². The van der Waals surface area contributed by atoms with Crippen LogP contribution >= 0.6 is 0 Å². The maximum absolute atomic E-state index is 15.9. The Morgan fingerprint density at radius 1 is 0.978 bits per heavy atom. The fraction of sp³-hybridized carbons (Fsp3) is 0.438. The molecule has 0 bridgehead atoms. The molecular formula is C32H32F5NO5S2. The van der Waals surface area contributed by atoms with Crippen LogP contribution in [0.4, 0.5) is 22.0 Å². The Balaban J connectivity index is 1.52. The van der Waals surface area contributed by atoms with Gasteiger partial charge < -0.3 is 4.74 Å². The Bertz CT molecular complexity index is 1830. The molecule has 3 aromatic rings. The van der Waals surface area contributed by atoms with Gasteiger partial charge in [-0.15, -0.1) is 0 Å². The largest absolute Gasteiger partial charge is 0.490 e. The molecule has 1 aliphatic carbocycles. The van der Waals surface area contributed by atoms with E-state index in [0.717, 1.165) is 35.4 Å². The van der Waals surface area contributed by atoms with Crippen molar-refractivity contribution in [1.82, 2.24) is 4.31 Å². The number of hydrogen-bond acceptors (Lipinski definition) is 5. The number of ether oxygens (including phenoxy) is 1. The molecule has 45 heavy (non-hydrogen) atoms. The summed E-state index contributed by atoms with van der Waals surface area (Å²) in [7, 11) is -8.54. The molecule has 2 fully saturated rings. The fourth-order valence-electron chi connectivity index (χ4n) is 7.63. The van der Waals surface area contributed by atoms with Gasteiger partial charge in [-0.3, -0.25) is 0 Å². The van der Waals surface area contributed by atoms with Gasteiger partial charge in [-0.2, -0.15) is 17.5 Å². The first-order chi connectivity index (χ1) is 21.1. The van der Waals surface area contributed by atoms with Crippen molar-refractivity contribution >= 4 is 19.9 Å². The Morgan fingerprint density at radius 2 is 1.62 bits per heavy atom. The van der Waals surface area contributed by atoms with Crippen LogP contribution < -0.4 is 4.74 Å². The Kier molecular flexibility index (Phi) is 7.84. The van der Waals surface area contributed by atoms with Crippen LogP contribution in [0.15, 0.2) is 65.6 Å². The maximum atomic E-state index is 15.9. The quantitative estimate of drug-likeness (QED) is 0.281. The number of alkyl halides is 3. The van der Waals surface area contributed by atoms with Crippen molar-refractivity contribution in [3.05, 3.63) is 94.6 Å². The van der Waals surface area contributed by atoms with Gasteiger partial charge >= 0.3 is 6.18 Å². The van der Waals surface area contributed by atoms with Gasteiger partial charge in [-0.25, -0.2) is 25.6 Å². The van der Waals surface area contributed by atoms with Gasteiger partial charge in [0.15, 0.2) is 21.4 Å². The number of hydrogen-bond donors (Lipinski definition) is 0. The van der Waals surface area contributed by atoms with E-state index in [9.17, 15) is 30.0 Å². The van der Waals surface area contributed by atoms with Crippen molar-refractivity contribution in [2.45, 2.75) is 73.2 Å². The summed E-state index contributed by atoms with van der Waals surface area (Å²) < 4.78 is 133. The highest BCUT2D eigenvalue weighted by atomic mass is 32.2. The zero-order chi connectivity index (χ0) is 32.5. The van der Waals surface area contributed by atoms with Gasteiger partial charge in [0.1, 0.15) is 10.6 Å². The lowest BCUT2D eigenvalue weighted by atomic mass is 9.64. The molecule has 5 atom stereocenters. The predicted molar refractivity (Wildman–Crippen MR) is 157 cm³/mol. The highest BCUT2D eigenvalue weighted by Gasteiger charge is 2.65. The summed E-state index contributed by atoms with van der Waals surface area (Å²) in [5.74, 6) is -4.20. The molecule has 2 aliphatic heterocycles. The molecule has 242 valence electrons. The average Bonchev–Trinajstić information content (AvgIpc) is 3.00. The zero-order valence-electron chi connectivity index (χ0n) is 24.5. The second-order valence-electron chi connectivity index (χ2n) is 12.2. The molecule has 1 saturated heterocycles. The molecule has 3 aliphatic rings. The van der Waals surface area contributed by atoms with Gasteiger partial charge in [0.25, 0.3) is 0 Å². The van der Waals surface area contributed by atoms with Crippen molar-refractivity contribution < 1.29 is 43.5 Å². The van der Waals surface area contributed by atoms with Gasteiger partial charge in [0.05, 0.1) is 27.9 Å². The normalized spacial score (nSPS) is 28.0. The monoisotopic (exact) mass is 669 g/mol. The molecule has 1 saturated carbocycles. The highest BCUT2D eigenvalue weighted by molar-refractivity contribution is 7.92. The number of fused-ring (bicyclic) bond motifs is 5. The summed E-state index contributed by atoms with van der Waals surface area (Å²) in [6.07, 6.45) is -4.71. The third-order valence-electron chi connectivity index (χ3n) is 9.85. The number of halogens is 5. The SMILES string of the molecule is CC[C@@H]1CC2[C@@H](CC[C@@]3(S(=O)(=O)c4ccc(C(F)(F)F)cc4)c4c(F)ccc(F)c4OC[C@@H]23)N(Cc2ccc(C)cc2)S1(=O)=O. The maximum Gasteiger partial charge on any atom is 0.416 e. The van der Waals surface area contributed by atoms with Crippen molar-refractivity contribution in [1.29, 1.82) is 0 Å². The van der Waals surface area contributed by atoms with E-state index in [1.165, 1.54) is 4.31 Å². The topological polar surface area (TPSA) is 80.8 Å². The number of aryl methyl sites for hydroxylation is 1. The fourth-order valence-corrected chi connectivity index (χ4v) is 12.3. The Hall–Kier alpha value is -3.03. The minimum atomic E-state index is -4.72. The summed E-state index contributed by atoms with van der Waals surface area (Å²) in [6.45, 7) is 3.34. The summed E-state index contributed by atoms with van der Waals surface area (Å²) in [4.78, 5) is -0.470. The molecule has 0 amide bonds. The summed E-state index contributed by atoms with van der Waals surface area (Å²) in [5.41, 5.74) is 0.183. The first-order valence-corrected chi connectivity index (χ1v) is 17.7. The minimum Gasteiger partial charge on any atom is -0.490 e. The van der Waals surface area contributed by atoms with E-state index < -0.39 is 87.3 Å². The van der Waals surface area contributed by atoms with Gasteiger partial charge in [0.2, 0.25) is 10.0 Å². The van der Waals surface area contributed by atoms with Crippen LogP contribution in [0.1, 0.15) is 54.9 Å². The predicted octanol–water partition coefficient (Wildman–Crippen LogP) is 6.76. The molecule has 6 rings (SSSR count). The average molecular weight is 670 g/mol. The second-order valence-corrected chi connectivity index (χ2v) is 16.5. The molecule has 6 nitrogen and oxygen atoms in total. The molecule has 0 aromatic heterocycles. The Labute approximate surface area is 259 Å². The molecule has 0 N–H and O–H groups in total. The Morgan fingerprint density at radius 3 is 2.24 bits per heavy atom. The molecule has 3 aromatic carbocycles. The third-order valence-corrected chi connectivity index (χ3v) is 14.8. The third kappa shape index (κ3) is 4.96. The van der Waals surface area contributed by atoms with Crippen LogP contribution in [0.25, 0.3) is 0 Å². The number of sulfonamides is 1. The lowest BCUT2D eigenvalue weighted by Crippen LogP contribution is -2.64. The van der Waals surface area contributed by atoms with E-state index in [1.807, 2.05) is 31.2 Å². The summed E-state index contributed by atoms with van der Waals surface area (Å²) in [6, 6.07) is 11.4. The first kappa shape index (κ1) is 31.9. The van der Waals surface area contributed by atoms with Crippen LogP contribution in [-0.4, -0.2) is 39.0 Å². The van der Waals surface area contributed by atoms with E-state index in [4.69, 9.17) is 4.74 Å². The van der Waals surface area contributed by atoms with Crippen molar-refractivity contribution in [3.8, 4) is 5.75 Å². The van der Waals surface area contributed by atoms with Gasteiger partial charge in [-0.1, -0.05) is 36.8 Å². The minimum absolute atomic E-state index is 0.00203. The highest BCUT2D eigenvalue weighted by Crippen LogP contribution is 2.61. The van der Waals surface area contributed by atoms with Crippen LogP contribution in [-0.2, 0) is 37.3 Å². The van der Waals surface area contributed by atoms with Gasteiger partial charge in [0, 0.05) is 18.5 Å². The molecule has 1 unspecified atom stereocenters. The second kappa shape index (κ2) is 11.0. The molecule has 13 heteroatoms. The van der Waals surface area contributed by atoms with Crippen LogP contribution in [0.2, 0.25) is 0 Å². The molecule has 0 radical (unpaired) electrons. The first-order valence-electron chi connectivity index (χ1n) is 14.7. The van der Waals surface area contributed by atoms with E-state index >= 15 is 8.78 Å². The zero-order valence-corrected chi connectivity index (χ0v) is 26.2. The molecule has 0 spiro atoms. The molecule has 2 heterocycles. The van der Waals surface area contributed by atoms with E-state index in [1.54, 1.807) is 6.92 Å². The van der Waals surface area contributed by atoms with Crippen molar-refractivity contribution in [2.75, 3.05) is 6.61 Å². The standard InChI is InChI=1S/C32H32F5NO5S2/c1-3-22-16-24-25-18-43-30-27(34)13-12-26(33)29(30)31(25,44(39,40)23-10-8-21(9-11-23)32(35,36)37)15-14-28(24)38(45(22,41)42)17-20-6-4-19(2)5-7-20/h4-13,22,24-25,28H,3,14-18H2,1-2H3/t22-,24?,25+,28-,31+/m1/s1. The van der Waals surface area contributed by atoms with Crippen LogP contribution in [0, 0.1) is 30.4 Å². The lowest BCUT2D eigenvalue weighted by molar-refractivity contribution is -0.137. The number of rotatable bonds is 5.